The number of primary amides is 1. The Kier molecular flexibility index (Phi) is 36.5. The van der Waals surface area contributed by atoms with Crippen molar-refractivity contribution in [2.45, 2.75) is 261 Å². The van der Waals surface area contributed by atoms with Gasteiger partial charge in [-0.15, -0.1) is 0 Å². The topological polar surface area (TPSA) is 491 Å². The molecule has 2 saturated carbocycles. The van der Waals surface area contributed by atoms with Crippen molar-refractivity contribution >= 4 is 70.6 Å². The van der Waals surface area contributed by atoms with Crippen molar-refractivity contribution in [3.63, 3.8) is 0 Å². The molecule has 2 aliphatic heterocycles. The van der Waals surface area contributed by atoms with E-state index >= 15 is 4.79 Å². The van der Waals surface area contributed by atoms with Crippen LogP contribution >= 0.6 is 0 Å². The van der Waals surface area contributed by atoms with Crippen molar-refractivity contribution in [2.75, 3.05) is 95.9 Å². The van der Waals surface area contributed by atoms with E-state index in [0.29, 0.717) is 75.0 Å². The highest BCUT2D eigenvalue weighted by Gasteiger charge is 2.59. The molecule has 18 N–H and O–H groups in total. The number of phenolic OH excluding ortho intramolecular Hbond substituents is 1. The van der Waals surface area contributed by atoms with Crippen LogP contribution in [0.5, 0.6) is 5.75 Å². The summed E-state index contributed by atoms with van der Waals surface area (Å²) in [7, 11) is 0. The Hall–Kier alpha value is -10.1. The maximum Gasteiger partial charge on any atom is 0.312 e. The third-order valence-corrected chi connectivity index (χ3v) is 27.6. The maximum absolute atomic E-state index is 15.1. The number of benzene rings is 4. The summed E-state index contributed by atoms with van der Waals surface area (Å²) in [6.45, 7) is 13.1. The lowest BCUT2D eigenvalue weighted by Crippen LogP contribution is -2.62. The molecule has 15 atom stereocenters. The van der Waals surface area contributed by atoms with Crippen LogP contribution in [0.4, 0.5) is 16.2 Å². The number of aryl methyl sites for hydroxylation is 2. The van der Waals surface area contributed by atoms with Gasteiger partial charge in [0.1, 0.15) is 54.9 Å². The third kappa shape index (κ3) is 25.8. The summed E-state index contributed by atoms with van der Waals surface area (Å²) in [6, 6.07) is 22.0. The highest BCUT2D eigenvalue weighted by atomic mass is 16.6. The van der Waals surface area contributed by atoms with Gasteiger partial charge in [0.05, 0.1) is 94.3 Å². The van der Waals surface area contributed by atoms with E-state index in [0.717, 1.165) is 84.7 Å². The van der Waals surface area contributed by atoms with Crippen LogP contribution < -0.4 is 64.2 Å². The van der Waals surface area contributed by atoms with E-state index in [-0.39, 0.29) is 176 Å². The molecule has 11 amide bonds. The van der Waals surface area contributed by atoms with Crippen LogP contribution in [0.15, 0.2) is 96.3 Å². The number of carbonyl (C=O) groups is 10. The first kappa shape index (κ1) is 100. The number of ether oxygens (including phenoxy) is 6. The summed E-state index contributed by atoms with van der Waals surface area (Å²) >= 11 is 0. The summed E-state index contributed by atoms with van der Waals surface area (Å²) in [5, 5.41) is 77.8. The first-order chi connectivity index (χ1) is 62.3. The Bertz CT molecular complexity index is 4710. The lowest BCUT2D eigenvalue weighted by molar-refractivity contribution is -0.234. The number of aliphatic hydroxyl groups is 4. The lowest BCUT2D eigenvalue weighted by Gasteiger charge is -2.56. The normalized spacial score (nSPS) is 25.1. The fourth-order valence-electron chi connectivity index (χ4n) is 20.3. The molecular formula is C97H136N12O21. The molecule has 0 radical (unpaired) electrons. The molecule has 33 heteroatoms. The van der Waals surface area contributed by atoms with Crippen molar-refractivity contribution in [3.05, 3.63) is 135 Å². The number of fused-ring (bicyclic) bond motifs is 8. The van der Waals surface area contributed by atoms with Crippen LogP contribution in [-0.2, 0) is 102 Å². The SMILES string of the molecule is CC(C)[C@H](NC(=O)[C@@H](CCCCNC(=O)COC1CCCCCC(N[C@@H]2O[C@H](CO)[C@H](O)[C@H](O)[C@H]2O)=C1N)NC(=O)CCOCCOCCOCCOCCNC(=O)CCC(=O)N1Cc2ccccc2C#Cc2ccccc21)C(=O)N[C@@H](CCCNC(N)=O)C(=O)Nc1ccc2c(c1)[C@@]1(C)CCC[C@](C)(C(=O)NC(=O)[C@@]3(C)CCC[C@]4(C)c5cc(O)ccc5CC[C@@H]34)C1CC2. The molecule has 4 aromatic rings. The van der Waals surface area contributed by atoms with Gasteiger partial charge < -0.3 is 113 Å². The number of imide groups is 1. The number of anilines is 2. The van der Waals surface area contributed by atoms with Gasteiger partial charge in [-0.05, 0) is 202 Å². The second-order valence-corrected chi connectivity index (χ2v) is 36.9. The zero-order valence-corrected chi connectivity index (χ0v) is 76.0. The summed E-state index contributed by atoms with van der Waals surface area (Å²) in [5.74, 6) is 1.75. The highest BCUT2D eigenvalue weighted by Crippen LogP contribution is 2.60. The van der Waals surface area contributed by atoms with Crippen molar-refractivity contribution in [2.24, 2.45) is 40.1 Å². The average molecular weight is 1810 g/mol. The minimum atomic E-state index is -1.61. The number of nitrogens with one attached hydrogen (secondary N) is 9. The first-order valence-corrected chi connectivity index (χ1v) is 46.4. The van der Waals surface area contributed by atoms with E-state index in [1.165, 1.54) is 5.56 Å². The number of aliphatic hydroxyl groups excluding tert-OH is 4. The quantitative estimate of drug-likeness (QED) is 0.0142. The first-order valence-electron chi connectivity index (χ1n) is 46.4. The van der Waals surface area contributed by atoms with Gasteiger partial charge in [-0.3, -0.25) is 48.5 Å². The Labute approximate surface area is 761 Å². The average Bonchev–Trinajstić information content (AvgIpc) is 0.718. The second-order valence-electron chi connectivity index (χ2n) is 36.9. The molecule has 4 aromatic carbocycles. The highest BCUT2D eigenvalue weighted by molar-refractivity contribution is 6.02. The standard InChI is InChI=1S/C97H136N12O21/c1-60(2)83(89(121)105-72(24-16-45-102-93(99)124)87(119)103-66-33-29-62-31-35-76-94(3,68(62)55-66)40-17-42-96(76,5)91(122)108-92(123)97(6)43-18-41-95(4)69-56-67(111)34-30-63(69)32-36-77(95)97)107-88(120)71(23-14-15-44-100-80(114)59-129-74-26-9-7-8-22-70(82(74)98)106-90-86(118)85(117)84(116)75(58-110)130-90)104-79(113)39-47-125-49-51-127-53-54-128-52-50-126-48-46-101-78(112)37-38-81(115)109-57-65-21-11-10-19-61(65)27-28-64-20-12-13-25-73(64)109/h10-13,19-21,25,29-30,33-34,55-56,60,71-72,74-77,83-86,90,106,110-111,116-118H,7-9,14-18,22-24,26,31-32,35-54,57-59,98H2,1-6H3,(H,100,114)(H,101,112)(H,103,119)(H,104,113)(H,105,121)(H,107,120)(H3,99,102,124)(H,108,122,123)/t71-,72+,74?,75-,76?,77-,83+,84+,85+,86-,90-,94-,95-,96+,97+/m1/s1. The number of para-hydroxylation sites is 1. The van der Waals surface area contributed by atoms with Crippen LogP contribution in [0.2, 0.25) is 0 Å². The fourth-order valence-corrected chi connectivity index (χ4v) is 20.3. The van der Waals surface area contributed by atoms with Crippen LogP contribution in [0.25, 0.3) is 0 Å². The minimum absolute atomic E-state index is 0.00359. The Balaban J connectivity index is 0.660. The van der Waals surface area contributed by atoms with Gasteiger partial charge in [0.25, 0.3) is 0 Å². The van der Waals surface area contributed by atoms with E-state index in [1.54, 1.807) is 30.9 Å². The fraction of sp³-hybridized carbons (Fsp3) is 0.608. The molecule has 11 rings (SSSR count). The number of aromatic hydroxyl groups is 1. The Morgan fingerprint density at radius 3 is 1.83 bits per heavy atom. The van der Waals surface area contributed by atoms with Crippen LogP contribution in [-0.4, -0.2) is 225 Å². The van der Waals surface area contributed by atoms with E-state index in [2.05, 4.69) is 73.5 Å². The summed E-state index contributed by atoms with van der Waals surface area (Å²) in [4.78, 5) is 141. The predicted molar refractivity (Wildman–Crippen MR) is 484 cm³/mol. The summed E-state index contributed by atoms with van der Waals surface area (Å²) in [6.07, 6.45) is 3.24. The van der Waals surface area contributed by atoms with Gasteiger partial charge in [-0.25, -0.2) is 4.79 Å². The molecular weight excluding hydrogens is 1670 g/mol. The predicted octanol–water partition coefficient (Wildman–Crippen LogP) is 5.75. The number of nitrogens with zero attached hydrogens (tertiary/aromatic N) is 1. The molecule has 0 spiro atoms. The number of urea groups is 1. The largest absolute Gasteiger partial charge is 0.508 e. The number of amides is 11. The van der Waals surface area contributed by atoms with E-state index < -0.39 is 119 Å². The number of phenols is 1. The number of carbonyl (C=O) groups excluding carboxylic acids is 10. The smallest absolute Gasteiger partial charge is 0.312 e. The second kappa shape index (κ2) is 47.3. The summed E-state index contributed by atoms with van der Waals surface area (Å²) in [5.41, 5.74) is 18.1. The Morgan fingerprint density at radius 2 is 1.16 bits per heavy atom. The molecule has 33 nitrogen and oxygen atoms in total. The molecule has 2 heterocycles. The van der Waals surface area contributed by atoms with Crippen LogP contribution in [0.1, 0.15) is 215 Å². The molecule has 0 aromatic heterocycles. The molecule has 5 aliphatic carbocycles. The number of hydrogen-bond donors (Lipinski definition) is 16. The lowest BCUT2D eigenvalue weighted by atomic mass is 9.49. The van der Waals surface area contributed by atoms with Gasteiger partial charge in [0.2, 0.25) is 53.2 Å². The van der Waals surface area contributed by atoms with E-state index in [9.17, 15) is 68.7 Å². The number of nitrogens with two attached hydrogens (primary N) is 2. The molecule has 130 heavy (non-hydrogen) atoms. The van der Waals surface area contributed by atoms with Crippen LogP contribution in [0, 0.1) is 40.4 Å². The van der Waals surface area contributed by atoms with Gasteiger partial charge in [0, 0.05) is 61.4 Å². The molecule has 7 aliphatic rings. The minimum Gasteiger partial charge on any atom is -0.508 e. The molecule has 2 unspecified atom stereocenters. The van der Waals surface area contributed by atoms with E-state index in [1.807, 2.05) is 86.6 Å². The Morgan fingerprint density at radius 1 is 0.562 bits per heavy atom. The van der Waals surface area contributed by atoms with Gasteiger partial charge >= 0.3 is 6.03 Å². The third-order valence-electron chi connectivity index (χ3n) is 27.6. The number of unbranched alkanes of at least 4 members (excludes halogenated alkanes) is 1. The van der Waals surface area contributed by atoms with Gasteiger partial charge in [-0.2, -0.15) is 0 Å². The zero-order chi connectivity index (χ0) is 93.3. The molecule has 710 valence electrons. The summed E-state index contributed by atoms with van der Waals surface area (Å²) < 4.78 is 34.5. The van der Waals surface area contributed by atoms with Gasteiger partial charge in [0.15, 0.2) is 6.23 Å². The van der Waals surface area contributed by atoms with Crippen molar-refractivity contribution in [1.29, 1.82) is 0 Å². The molecule has 1 saturated heterocycles. The number of allylic oxidation sites excluding steroid dienone is 1. The van der Waals surface area contributed by atoms with Gasteiger partial charge in [-0.1, -0.05) is 122 Å². The number of rotatable bonds is 43. The number of hydrogen-bond acceptors (Lipinski definition) is 23. The van der Waals surface area contributed by atoms with E-state index in [4.69, 9.17) is 39.9 Å². The van der Waals surface area contributed by atoms with Crippen molar-refractivity contribution in [3.8, 4) is 17.6 Å². The molecule has 0 bridgehead atoms. The van der Waals surface area contributed by atoms with Crippen molar-refractivity contribution < 1.29 is 102 Å². The monoisotopic (exact) mass is 1800 g/mol. The van der Waals surface area contributed by atoms with Crippen molar-refractivity contribution in [1.82, 2.24) is 42.5 Å². The maximum atomic E-state index is 15.1. The zero-order valence-electron chi connectivity index (χ0n) is 76.0. The molecule has 3 fully saturated rings. The van der Waals surface area contributed by atoms with Crippen LogP contribution in [0.3, 0.4) is 0 Å².